The standard InChI is InChI=1S/C23H30N6OS/c1-14-19-20(17-8-7-15(11-18(17)30-14)29-10-9-24-27-29)31-21(25-19)28(6)16-12-22(2,3)26-23(4,5)13-16/h7-11,14,16,26H,12-13H2,1-6H3. The van der Waals surface area contributed by atoms with Crippen molar-refractivity contribution < 1.29 is 4.74 Å². The van der Waals surface area contributed by atoms with Crippen LogP contribution in [0.4, 0.5) is 5.13 Å². The van der Waals surface area contributed by atoms with Crippen molar-refractivity contribution in [2.75, 3.05) is 11.9 Å². The Morgan fingerprint density at radius 1 is 1.19 bits per heavy atom. The molecule has 0 saturated carbocycles. The largest absolute Gasteiger partial charge is 0.484 e. The van der Waals surface area contributed by atoms with Gasteiger partial charge in [0.15, 0.2) is 5.13 Å². The van der Waals surface area contributed by atoms with E-state index in [1.807, 2.05) is 12.3 Å². The van der Waals surface area contributed by atoms with Gasteiger partial charge in [0.1, 0.15) is 17.5 Å². The lowest BCUT2D eigenvalue weighted by molar-refractivity contribution is 0.161. The fourth-order valence-electron chi connectivity index (χ4n) is 5.17. The van der Waals surface area contributed by atoms with E-state index in [4.69, 9.17) is 9.72 Å². The van der Waals surface area contributed by atoms with Crippen molar-refractivity contribution >= 4 is 16.5 Å². The summed E-state index contributed by atoms with van der Waals surface area (Å²) in [6, 6.07) is 6.63. The number of thiazole rings is 1. The van der Waals surface area contributed by atoms with Crippen LogP contribution in [0.1, 0.15) is 59.3 Å². The molecule has 7 nitrogen and oxygen atoms in total. The van der Waals surface area contributed by atoms with Gasteiger partial charge in [-0.1, -0.05) is 16.6 Å². The second-order valence-electron chi connectivity index (χ2n) is 10.1. The highest BCUT2D eigenvalue weighted by molar-refractivity contribution is 7.19. The predicted octanol–water partition coefficient (Wildman–Crippen LogP) is 4.59. The van der Waals surface area contributed by atoms with E-state index in [1.54, 1.807) is 22.2 Å². The first-order chi connectivity index (χ1) is 14.6. The highest BCUT2D eigenvalue weighted by Crippen LogP contribution is 2.48. The summed E-state index contributed by atoms with van der Waals surface area (Å²) in [6.07, 6.45) is 5.59. The van der Waals surface area contributed by atoms with Crippen LogP contribution >= 0.6 is 11.3 Å². The normalized spacial score (nSPS) is 21.8. The molecule has 8 heteroatoms. The molecular formula is C23H30N6OS. The summed E-state index contributed by atoms with van der Waals surface area (Å²) in [6.45, 7) is 11.2. The van der Waals surface area contributed by atoms with Gasteiger partial charge in [0, 0.05) is 35.8 Å². The summed E-state index contributed by atoms with van der Waals surface area (Å²) in [5.74, 6) is 0.870. The third-order valence-corrected chi connectivity index (χ3v) is 7.44. The summed E-state index contributed by atoms with van der Waals surface area (Å²) >= 11 is 1.77. The zero-order valence-corrected chi connectivity index (χ0v) is 19.8. The fraction of sp³-hybridized carbons (Fsp3) is 0.522. The van der Waals surface area contributed by atoms with Gasteiger partial charge in [-0.05, 0) is 59.6 Å². The molecule has 1 fully saturated rings. The molecule has 1 unspecified atom stereocenters. The van der Waals surface area contributed by atoms with Crippen molar-refractivity contribution in [3.05, 3.63) is 36.3 Å². The maximum atomic E-state index is 6.26. The molecule has 1 saturated heterocycles. The predicted molar refractivity (Wildman–Crippen MR) is 124 cm³/mol. The monoisotopic (exact) mass is 438 g/mol. The van der Waals surface area contributed by atoms with Crippen LogP contribution in [0.3, 0.4) is 0 Å². The van der Waals surface area contributed by atoms with Gasteiger partial charge in [0.2, 0.25) is 0 Å². The number of rotatable bonds is 3. The molecule has 3 aromatic rings. The van der Waals surface area contributed by atoms with Gasteiger partial charge in [0.25, 0.3) is 0 Å². The highest BCUT2D eigenvalue weighted by Gasteiger charge is 2.40. The van der Waals surface area contributed by atoms with Crippen molar-refractivity contribution in [2.24, 2.45) is 0 Å². The van der Waals surface area contributed by atoms with Crippen LogP contribution in [0.5, 0.6) is 5.75 Å². The van der Waals surface area contributed by atoms with Crippen molar-refractivity contribution in [3.8, 4) is 21.9 Å². The first-order valence-corrected chi connectivity index (χ1v) is 11.6. The van der Waals surface area contributed by atoms with Gasteiger partial charge >= 0.3 is 0 Å². The van der Waals surface area contributed by atoms with Gasteiger partial charge in [-0.25, -0.2) is 9.67 Å². The average molecular weight is 439 g/mol. The summed E-state index contributed by atoms with van der Waals surface area (Å²) in [4.78, 5) is 8.63. The Kier molecular flexibility index (Phi) is 4.64. The molecule has 1 N–H and O–H groups in total. The molecule has 0 radical (unpaired) electrons. The van der Waals surface area contributed by atoms with Gasteiger partial charge in [-0.2, -0.15) is 0 Å². The Labute approximate surface area is 187 Å². The smallest absolute Gasteiger partial charge is 0.186 e. The Hall–Kier alpha value is -2.45. The van der Waals surface area contributed by atoms with Gasteiger partial charge < -0.3 is 15.0 Å². The molecule has 0 bridgehead atoms. The first-order valence-electron chi connectivity index (χ1n) is 10.8. The number of ether oxygens (including phenoxy) is 1. The Bertz CT molecular complexity index is 1090. The summed E-state index contributed by atoms with van der Waals surface area (Å²) in [5.41, 5.74) is 3.25. The van der Waals surface area contributed by atoms with E-state index in [0.717, 1.165) is 40.7 Å². The molecule has 164 valence electrons. The van der Waals surface area contributed by atoms with E-state index in [0.29, 0.717) is 6.04 Å². The second kappa shape index (κ2) is 7.03. The number of fused-ring (bicyclic) bond motifs is 3. The molecule has 0 amide bonds. The summed E-state index contributed by atoms with van der Waals surface area (Å²) < 4.78 is 8.00. The number of benzene rings is 1. The lowest BCUT2D eigenvalue weighted by Crippen LogP contribution is -2.61. The molecule has 4 heterocycles. The van der Waals surface area contributed by atoms with Crippen molar-refractivity contribution in [1.29, 1.82) is 0 Å². The minimum absolute atomic E-state index is 0.0900. The van der Waals surface area contributed by atoms with Crippen LogP contribution in [-0.4, -0.2) is 44.1 Å². The summed E-state index contributed by atoms with van der Waals surface area (Å²) in [5, 5.41) is 12.8. The Balaban J connectivity index is 1.48. The molecule has 2 aliphatic rings. The molecular weight excluding hydrogens is 408 g/mol. The van der Waals surface area contributed by atoms with Crippen LogP contribution in [0.25, 0.3) is 16.1 Å². The third-order valence-electron chi connectivity index (χ3n) is 6.25. The van der Waals surface area contributed by atoms with Gasteiger partial charge in [-0.15, -0.1) is 5.10 Å². The number of hydrogen-bond acceptors (Lipinski definition) is 7. The number of piperidine rings is 1. The zero-order chi connectivity index (χ0) is 22.0. The van der Waals surface area contributed by atoms with Crippen molar-refractivity contribution in [2.45, 2.75) is 70.7 Å². The van der Waals surface area contributed by atoms with E-state index in [2.05, 4.69) is 74.3 Å². The number of nitrogens with zero attached hydrogens (tertiary/aromatic N) is 5. The number of hydrogen-bond donors (Lipinski definition) is 1. The molecule has 2 aliphatic heterocycles. The first kappa shape index (κ1) is 20.5. The van der Waals surface area contributed by atoms with E-state index in [1.165, 1.54) is 4.88 Å². The minimum atomic E-state index is -0.0900. The lowest BCUT2D eigenvalue weighted by Gasteiger charge is -2.48. The Morgan fingerprint density at radius 2 is 1.94 bits per heavy atom. The zero-order valence-electron chi connectivity index (χ0n) is 19.0. The third kappa shape index (κ3) is 3.72. The van der Waals surface area contributed by atoms with Gasteiger partial charge in [0.05, 0.1) is 23.0 Å². The molecule has 0 aliphatic carbocycles. The second-order valence-corrected chi connectivity index (χ2v) is 11.0. The van der Waals surface area contributed by atoms with Crippen LogP contribution in [-0.2, 0) is 0 Å². The van der Waals surface area contributed by atoms with Gasteiger partial charge in [-0.3, -0.25) is 0 Å². The quantitative estimate of drug-likeness (QED) is 0.645. The molecule has 2 aromatic heterocycles. The number of aromatic nitrogens is 4. The van der Waals surface area contributed by atoms with Crippen LogP contribution in [0.2, 0.25) is 0 Å². The molecule has 5 rings (SSSR count). The maximum Gasteiger partial charge on any atom is 0.186 e. The average Bonchev–Trinajstić information content (AvgIpc) is 3.35. The fourth-order valence-corrected chi connectivity index (χ4v) is 6.38. The van der Waals surface area contributed by atoms with Crippen LogP contribution < -0.4 is 15.0 Å². The van der Waals surface area contributed by atoms with Crippen LogP contribution in [0.15, 0.2) is 30.6 Å². The number of anilines is 1. The maximum absolute atomic E-state index is 6.26. The van der Waals surface area contributed by atoms with E-state index in [9.17, 15) is 0 Å². The topological polar surface area (TPSA) is 68.1 Å². The number of nitrogens with one attached hydrogen (secondary N) is 1. The van der Waals surface area contributed by atoms with Crippen LogP contribution in [0, 0.1) is 0 Å². The molecule has 31 heavy (non-hydrogen) atoms. The Morgan fingerprint density at radius 3 is 2.61 bits per heavy atom. The molecule has 1 aromatic carbocycles. The highest BCUT2D eigenvalue weighted by atomic mass is 32.1. The van der Waals surface area contributed by atoms with Crippen molar-refractivity contribution in [3.63, 3.8) is 0 Å². The van der Waals surface area contributed by atoms with E-state index in [-0.39, 0.29) is 17.2 Å². The minimum Gasteiger partial charge on any atom is -0.484 e. The SMILES string of the molecule is CC1Oc2cc(-n3ccnn3)ccc2-c2sc(N(C)C3CC(C)(C)NC(C)(C)C3)nc21. The molecule has 0 spiro atoms. The van der Waals surface area contributed by atoms with Crippen molar-refractivity contribution in [1.82, 2.24) is 25.3 Å². The summed E-state index contributed by atoms with van der Waals surface area (Å²) in [7, 11) is 2.19. The van der Waals surface area contributed by atoms with E-state index >= 15 is 0 Å². The molecule has 1 atom stereocenters. The lowest BCUT2D eigenvalue weighted by atomic mass is 9.79. The van der Waals surface area contributed by atoms with E-state index < -0.39 is 0 Å².